The second-order valence-electron chi connectivity index (χ2n) is 5.13. The van der Waals surface area contributed by atoms with Gasteiger partial charge in [0.05, 0.1) is 27.0 Å². The van der Waals surface area contributed by atoms with Gasteiger partial charge in [0.1, 0.15) is 11.6 Å². The highest BCUT2D eigenvalue weighted by Crippen LogP contribution is 2.38. The van der Waals surface area contributed by atoms with Gasteiger partial charge in [-0.3, -0.25) is 15.6 Å². The Hall–Kier alpha value is -3.42. The summed E-state index contributed by atoms with van der Waals surface area (Å²) < 4.78 is 28.9. The lowest BCUT2D eigenvalue weighted by atomic mass is 10.1. The van der Waals surface area contributed by atoms with Crippen LogP contribution in [-0.4, -0.2) is 32.3 Å². The molecule has 7 nitrogen and oxygen atoms in total. The van der Waals surface area contributed by atoms with Crippen LogP contribution < -0.4 is 25.1 Å². The van der Waals surface area contributed by atoms with E-state index < -0.39 is 11.7 Å². The summed E-state index contributed by atoms with van der Waals surface area (Å²) >= 11 is 0. The lowest BCUT2D eigenvalue weighted by Crippen LogP contribution is -2.35. The number of hydrazine groups is 1. The van der Waals surface area contributed by atoms with Crippen molar-refractivity contribution in [2.75, 3.05) is 21.3 Å². The molecule has 0 aliphatic carbocycles. The van der Waals surface area contributed by atoms with Crippen molar-refractivity contribution >= 4 is 11.6 Å². The van der Waals surface area contributed by atoms with Crippen molar-refractivity contribution in [2.45, 2.75) is 0 Å². The normalized spacial score (nSPS) is 10.0. The van der Waals surface area contributed by atoms with Gasteiger partial charge in [-0.1, -0.05) is 6.58 Å². The van der Waals surface area contributed by atoms with Gasteiger partial charge in [-0.05, 0) is 30.3 Å². The maximum absolute atomic E-state index is 13.3. The third kappa shape index (κ3) is 3.97. The molecule has 2 rings (SSSR count). The Morgan fingerprint density at radius 2 is 1.65 bits per heavy atom. The number of carbonyl (C=O) groups is 1. The Labute approximate surface area is 150 Å². The second kappa shape index (κ2) is 8.11. The zero-order valence-electron chi connectivity index (χ0n) is 14.6. The molecule has 26 heavy (non-hydrogen) atoms. The SMILES string of the molecule is C=C(NNC(=O)c1cc(OC)c(OC)c(OC)c1)c1cc(F)ccc1O. The fourth-order valence-corrected chi connectivity index (χ4v) is 2.23. The summed E-state index contributed by atoms with van der Waals surface area (Å²) in [6, 6.07) is 6.34. The predicted molar refractivity (Wildman–Crippen MR) is 93.8 cm³/mol. The van der Waals surface area contributed by atoms with Gasteiger partial charge >= 0.3 is 0 Å². The summed E-state index contributed by atoms with van der Waals surface area (Å²) in [5, 5.41) is 9.75. The summed E-state index contributed by atoms with van der Waals surface area (Å²) in [5.74, 6) is -0.255. The van der Waals surface area contributed by atoms with Gasteiger partial charge in [0.25, 0.3) is 5.91 Å². The number of aromatic hydroxyl groups is 1. The van der Waals surface area contributed by atoms with E-state index in [1.54, 1.807) is 0 Å². The molecule has 0 saturated heterocycles. The van der Waals surface area contributed by atoms with E-state index in [4.69, 9.17) is 14.2 Å². The van der Waals surface area contributed by atoms with Gasteiger partial charge in [0.2, 0.25) is 5.75 Å². The number of methoxy groups -OCH3 is 3. The summed E-state index contributed by atoms with van der Waals surface area (Å²) in [5.41, 5.74) is 5.40. The molecule has 138 valence electrons. The molecule has 0 heterocycles. The summed E-state index contributed by atoms with van der Waals surface area (Å²) in [6.07, 6.45) is 0. The molecule has 2 aromatic rings. The number of amides is 1. The molecule has 3 N–H and O–H groups in total. The van der Waals surface area contributed by atoms with Crippen molar-refractivity contribution in [1.29, 1.82) is 0 Å². The number of carbonyl (C=O) groups excluding carboxylic acids is 1. The Morgan fingerprint density at radius 3 is 2.19 bits per heavy atom. The highest BCUT2D eigenvalue weighted by atomic mass is 19.1. The Kier molecular flexibility index (Phi) is 5.90. The van der Waals surface area contributed by atoms with Crippen LogP contribution in [0.25, 0.3) is 5.70 Å². The third-order valence-electron chi connectivity index (χ3n) is 3.54. The van der Waals surface area contributed by atoms with E-state index in [0.717, 1.165) is 12.1 Å². The number of ether oxygens (including phenoxy) is 3. The highest BCUT2D eigenvalue weighted by Gasteiger charge is 2.17. The molecule has 0 bridgehead atoms. The van der Waals surface area contributed by atoms with Gasteiger partial charge in [-0.15, -0.1) is 0 Å². The average molecular weight is 362 g/mol. The van der Waals surface area contributed by atoms with Crippen LogP contribution in [0.5, 0.6) is 23.0 Å². The van der Waals surface area contributed by atoms with E-state index in [2.05, 4.69) is 17.4 Å². The van der Waals surface area contributed by atoms with E-state index in [1.807, 2.05) is 0 Å². The monoisotopic (exact) mass is 362 g/mol. The smallest absolute Gasteiger partial charge is 0.269 e. The van der Waals surface area contributed by atoms with E-state index in [0.29, 0.717) is 17.2 Å². The number of rotatable bonds is 7. The van der Waals surface area contributed by atoms with E-state index in [1.165, 1.54) is 39.5 Å². The van der Waals surface area contributed by atoms with Crippen LogP contribution in [0.15, 0.2) is 36.9 Å². The Balaban J connectivity index is 2.17. The Bertz CT molecular complexity index is 813. The molecule has 0 aliphatic rings. The molecule has 0 fully saturated rings. The lowest BCUT2D eigenvalue weighted by Gasteiger charge is -2.15. The molecule has 0 atom stereocenters. The minimum atomic E-state index is -0.545. The van der Waals surface area contributed by atoms with Crippen LogP contribution in [-0.2, 0) is 0 Å². The van der Waals surface area contributed by atoms with Crippen LogP contribution in [0, 0.1) is 5.82 Å². The van der Waals surface area contributed by atoms with E-state index in [-0.39, 0.29) is 22.6 Å². The average Bonchev–Trinajstić information content (AvgIpc) is 2.66. The molecule has 8 heteroatoms. The van der Waals surface area contributed by atoms with E-state index in [9.17, 15) is 14.3 Å². The first-order valence-corrected chi connectivity index (χ1v) is 7.45. The molecule has 0 unspecified atom stereocenters. The maximum Gasteiger partial charge on any atom is 0.269 e. The standard InChI is InChI=1S/C18H19FN2O5/c1-10(13-9-12(19)5-6-14(13)22)20-21-18(23)11-7-15(24-2)17(26-4)16(8-11)25-3/h5-9,20,22H,1H2,2-4H3,(H,21,23). The van der Waals surface area contributed by atoms with Gasteiger partial charge in [-0.25, -0.2) is 4.39 Å². The first-order chi connectivity index (χ1) is 12.4. The summed E-state index contributed by atoms with van der Waals surface area (Å²) in [6.45, 7) is 3.67. The molecule has 0 radical (unpaired) electrons. The first kappa shape index (κ1) is 18.9. The number of phenolic OH excluding ortho intramolecular Hbond substituents is 1. The fraction of sp³-hybridized carbons (Fsp3) is 0.167. The zero-order chi connectivity index (χ0) is 19.3. The molecule has 0 spiro atoms. The van der Waals surface area contributed by atoms with Gasteiger partial charge in [-0.2, -0.15) is 0 Å². The quantitative estimate of drug-likeness (QED) is 0.656. The predicted octanol–water partition coefficient (Wildman–Crippen LogP) is 2.46. The van der Waals surface area contributed by atoms with Crippen molar-refractivity contribution in [2.24, 2.45) is 0 Å². The first-order valence-electron chi connectivity index (χ1n) is 7.45. The van der Waals surface area contributed by atoms with Crippen molar-refractivity contribution in [3.8, 4) is 23.0 Å². The van der Waals surface area contributed by atoms with Gasteiger partial charge in [0, 0.05) is 11.1 Å². The number of halogens is 1. The topological polar surface area (TPSA) is 89.1 Å². The summed E-state index contributed by atoms with van der Waals surface area (Å²) in [7, 11) is 4.33. The fourth-order valence-electron chi connectivity index (χ4n) is 2.23. The van der Waals surface area contributed by atoms with Crippen LogP contribution in [0.1, 0.15) is 15.9 Å². The number of benzene rings is 2. The largest absolute Gasteiger partial charge is 0.507 e. The maximum atomic E-state index is 13.3. The highest BCUT2D eigenvalue weighted by molar-refractivity contribution is 5.95. The lowest BCUT2D eigenvalue weighted by molar-refractivity contribution is 0.0941. The van der Waals surface area contributed by atoms with Crippen LogP contribution in [0.3, 0.4) is 0 Å². The number of hydrogen-bond donors (Lipinski definition) is 3. The molecule has 0 aromatic heterocycles. The van der Waals surface area contributed by atoms with Gasteiger partial charge < -0.3 is 19.3 Å². The molecule has 2 aromatic carbocycles. The second-order valence-corrected chi connectivity index (χ2v) is 5.13. The Morgan fingerprint density at radius 1 is 1.04 bits per heavy atom. The number of phenols is 1. The molecule has 0 aliphatic heterocycles. The molecule has 1 amide bonds. The molecule has 0 saturated carbocycles. The molecular formula is C18H19FN2O5. The van der Waals surface area contributed by atoms with E-state index >= 15 is 0 Å². The van der Waals surface area contributed by atoms with Crippen LogP contribution >= 0.6 is 0 Å². The van der Waals surface area contributed by atoms with Crippen molar-refractivity contribution in [3.63, 3.8) is 0 Å². The van der Waals surface area contributed by atoms with Gasteiger partial charge in [0.15, 0.2) is 11.5 Å². The minimum Gasteiger partial charge on any atom is -0.507 e. The zero-order valence-corrected chi connectivity index (χ0v) is 14.6. The third-order valence-corrected chi connectivity index (χ3v) is 3.54. The van der Waals surface area contributed by atoms with Crippen molar-refractivity contribution in [1.82, 2.24) is 10.9 Å². The van der Waals surface area contributed by atoms with Crippen LogP contribution in [0.2, 0.25) is 0 Å². The number of nitrogens with one attached hydrogen (secondary N) is 2. The van der Waals surface area contributed by atoms with Crippen LogP contribution in [0.4, 0.5) is 4.39 Å². The van der Waals surface area contributed by atoms with Crippen molar-refractivity contribution in [3.05, 3.63) is 53.9 Å². The number of hydrogen-bond acceptors (Lipinski definition) is 6. The van der Waals surface area contributed by atoms with Crippen molar-refractivity contribution < 1.29 is 28.5 Å². The molecular weight excluding hydrogens is 343 g/mol. The minimum absolute atomic E-state index is 0.114. The summed E-state index contributed by atoms with van der Waals surface area (Å²) in [4.78, 5) is 12.4.